The quantitative estimate of drug-likeness (QED) is 0.366. The summed E-state index contributed by atoms with van der Waals surface area (Å²) in [5, 5.41) is 0. The Morgan fingerprint density at radius 2 is 1.19 bits per heavy atom. The van der Waals surface area contributed by atoms with E-state index in [1.165, 1.54) is 0 Å². The standard InChI is InChI=1S/C10H16Cl2O4/c11-5-1-3-9(13)15-7-8-16-10(14)4-2-6-12/h1-8H2. The molecule has 0 atom stereocenters. The fourth-order valence-corrected chi connectivity index (χ4v) is 1.14. The molecular formula is C10H16Cl2O4. The van der Waals surface area contributed by atoms with Crippen molar-refractivity contribution in [2.45, 2.75) is 25.7 Å². The van der Waals surface area contributed by atoms with Gasteiger partial charge in [0.15, 0.2) is 0 Å². The van der Waals surface area contributed by atoms with Gasteiger partial charge in [0.25, 0.3) is 0 Å². The molecule has 94 valence electrons. The summed E-state index contributed by atoms with van der Waals surface area (Å²) in [7, 11) is 0. The van der Waals surface area contributed by atoms with E-state index in [1.54, 1.807) is 0 Å². The molecule has 0 bridgehead atoms. The van der Waals surface area contributed by atoms with Gasteiger partial charge >= 0.3 is 11.9 Å². The Morgan fingerprint density at radius 1 is 0.812 bits per heavy atom. The van der Waals surface area contributed by atoms with Gasteiger partial charge in [-0.3, -0.25) is 9.59 Å². The van der Waals surface area contributed by atoms with Gasteiger partial charge in [-0.2, -0.15) is 0 Å². The Hall–Kier alpha value is -0.480. The molecule has 0 amide bonds. The van der Waals surface area contributed by atoms with Crippen molar-refractivity contribution in [3.05, 3.63) is 0 Å². The normalized spacial score (nSPS) is 9.88. The number of halogens is 2. The van der Waals surface area contributed by atoms with Crippen LogP contribution in [0, 0.1) is 0 Å². The lowest BCUT2D eigenvalue weighted by Crippen LogP contribution is -2.13. The lowest BCUT2D eigenvalue weighted by atomic mass is 10.3. The Bertz CT molecular complexity index is 187. The lowest BCUT2D eigenvalue weighted by molar-refractivity contribution is -0.152. The van der Waals surface area contributed by atoms with Gasteiger partial charge in [0.05, 0.1) is 0 Å². The Balaban J connectivity index is 3.31. The molecule has 0 radical (unpaired) electrons. The van der Waals surface area contributed by atoms with Crippen molar-refractivity contribution in [1.29, 1.82) is 0 Å². The van der Waals surface area contributed by atoms with Gasteiger partial charge in [-0.05, 0) is 12.8 Å². The van der Waals surface area contributed by atoms with Gasteiger partial charge in [-0.15, -0.1) is 23.2 Å². The highest BCUT2D eigenvalue weighted by Crippen LogP contribution is 1.97. The molecule has 0 aromatic rings. The summed E-state index contributed by atoms with van der Waals surface area (Å²) < 4.78 is 9.60. The minimum Gasteiger partial charge on any atom is -0.462 e. The van der Waals surface area contributed by atoms with Crippen molar-refractivity contribution in [3.8, 4) is 0 Å². The molecular weight excluding hydrogens is 255 g/mol. The third-order valence-electron chi connectivity index (χ3n) is 1.64. The number of hydrogen-bond acceptors (Lipinski definition) is 4. The van der Waals surface area contributed by atoms with E-state index in [-0.39, 0.29) is 25.2 Å². The van der Waals surface area contributed by atoms with E-state index < -0.39 is 0 Å². The van der Waals surface area contributed by atoms with Crippen molar-refractivity contribution in [2.75, 3.05) is 25.0 Å². The molecule has 0 aromatic carbocycles. The van der Waals surface area contributed by atoms with E-state index in [1.807, 2.05) is 0 Å². The average molecular weight is 271 g/mol. The van der Waals surface area contributed by atoms with Crippen LogP contribution in [0.15, 0.2) is 0 Å². The van der Waals surface area contributed by atoms with Crippen LogP contribution in [-0.4, -0.2) is 36.9 Å². The first-order valence-electron chi connectivity index (χ1n) is 5.14. The van der Waals surface area contributed by atoms with E-state index in [9.17, 15) is 9.59 Å². The first-order valence-corrected chi connectivity index (χ1v) is 6.20. The third-order valence-corrected chi connectivity index (χ3v) is 2.17. The van der Waals surface area contributed by atoms with Gasteiger partial charge in [0.1, 0.15) is 13.2 Å². The molecule has 0 rings (SSSR count). The Labute approximate surface area is 105 Å². The average Bonchev–Trinajstić information content (AvgIpc) is 2.29. The molecule has 0 aromatic heterocycles. The number of hydrogen-bond donors (Lipinski definition) is 0. The number of ether oxygens (including phenoxy) is 2. The summed E-state index contributed by atoms with van der Waals surface area (Å²) in [4.78, 5) is 22.0. The second-order valence-electron chi connectivity index (χ2n) is 3.03. The second kappa shape index (κ2) is 11.0. The van der Waals surface area contributed by atoms with E-state index in [4.69, 9.17) is 32.7 Å². The maximum absolute atomic E-state index is 11.0. The highest BCUT2D eigenvalue weighted by molar-refractivity contribution is 6.18. The molecule has 0 unspecified atom stereocenters. The molecule has 0 saturated heterocycles. The van der Waals surface area contributed by atoms with Crippen molar-refractivity contribution < 1.29 is 19.1 Å². The van der Waals surface area contributed by atoms with E-state index in [0.717, 1.165) is 0 Å². The lowest BCUT2D eigenvalue weighted by Gasteiger charge is -2.05. The first kappa shape index (κ1) is 15.5. The van der Waals surface area contributed by atoms with Crippen LogP contribution in [0.3, 0.4) is 0 Å². The van der Waals surface area contributed by atoms with Crippen molar-refractivity contribution >= 4 is 35.1 Å². The van der Waals surface area contributed by atoms with Crippen LogP contribution in [0.4, 0.5) is 0 Å². The van der Waals surface area contributed by atoms with Gasteiger partial charge in [-0.25, -0.2) is 0 Å². The number of carbonyl (C=O) groups is 2. The summed E-state index contributed by atoms with van der Waals surface area (Å²) in [6.07, 6.45) is 1.78. The summed E-state index contributed by atoms with van der Waals surface area (Å²) >= 11 is 10.8. The maximum atomic E-state index is 11.0. The van der Waals surface area contributed by atoms with E-state index in [0.29, 0.717) is 37.4 Å². The van der Waals surface area contributed by atoms with Gasteiger partial charge in [0, 0.05) is 24.6 Å². The Kier molecular flexibility index (Phi) is 10.7. The van der Waals surface area contributed by atoms with Gasteiger partial charge in [0.2, 0.25) is 0 Å². The van der Waals surface area contributed by atoms with Crippen LogP contribution in [0.1, 0.15) is 25.7 Å². The maximum Gasteiger partial charge on any atom is 0.305 e. The summed E-state index contributed by atoms with van der Waals surface area (Å²) in [6, 6.07) is 0. The summed E-state index contributed by atoms with van der Waals surface area (Å²) in [5.74, 6) is 0.222. The second-order valence-corrected chi connectivity index (χ2v) is 3.78. The molecule has 0 fully saturated rings. The number of carbonyl (C=O) groups excluding carboxylic acids is 2. The number of alkyl halides is 2. The van der Waals surface area contributed by atoms with E-state index >= 15 is 0 Å². The third kappa shape index (κ3) is 10.1. The fourth-order valence-electron chi connectivity index (χ4n) is 0.878. The Morgan fingerprint density at radius 3 is 1.50 bits per heavy atom. The van der Waals surface area contributed by atoms with E-state index in [2.05, 4.69) is 0 Å². The van der Waals surface area contributed by atoms with Crippen molar-refractivity contribution in [3.63, 3.8) is 0 Å². The van der Waals surface area contributed by atoms with Gasteiger partial charge in [-0.1, -0.05) is 0 Å². The molecule has 6 heteroatoms. The molecule has 0 heterocycles. The summed E-state index contributed by atoms with van der Waals surface area (Å²) in [5.41, 5.74) is 0. The molecule has 4 nitrogen and oxygen atoms in total. The predicted molar refractivity (Wildman–Crippen MR) is 61.8 cm³/mol. The number of esters is 2. The molecule has 0 aliphatic heterocycles. The van der Waals surface area contributed by atoms with Crippen LogP contribution in [0.2, 0.25) is 0 Å². The molecule has 0 saturated carbocycles. The highest BCUT2D eigenvalue weighted by atomic mass is 35.5. The number of rotatable bonds is 9. The smallest absolute Gasteiger partial charge is 0.305 e. The zero-order valence-corrected chi connectivity index (χ0v) is 10.6. The molecule has 0 aliphatic carbocycles. The topological polar surface area (TPSA) is 52.6 Å². The van der Waals surface area contributed by atoms with Crippen LogP contribution in [-0.2, 0) is 19.1 Å². The predicted octanol–water partition coefficient (Wildman–Crippen LogP) is 2.11. The van der Waals surface area contributed by atoms with Crippen LogP contribution >= 0.6 is 23.2 Å². The minimum atomic E-state index is -0.322. The molecule has 0 spiro atoms. The molecule has 0 N–H and O–H groups in total. The van der Waals surface area contributed by atoms with Crippen molar-refractivity contribution in [2.24, 2.45) is 0 Å². The fraction of sp³-hybridized carbons (Fsp3) is 0.800. The summed E-state index contributed by atoms with van der Waals surface area (Å²) in [6.45, 7) is 0.182. The van der Waals surface area contributed by atoms with Crippen molar-refractivity contribution in [1.82, 2.24) is 0 Å². The largest absolute Gasteiger partial charge is 0.462 e. The van der Waals surface area contributed by atoms with Crippen LogP contribution in [0.25, 0.3) is 0 Å². The molecule has 16 heavy (non-hydrogen) atoms. The highest BCUT2D eigenvalue weighted by Gasteiger charge is 2.04. The van der Waals surface area contributed by atoms with Crippen LogP contribution < -0.4 is 0 Å². The van der Waals surface area contributed by atoms with Gasteiger partial charge < -0.3 is 9.47 Å². The van der Waals surface area contributed by atoms with Crippen LogP contribution in [0.5, 0.6) is 0 Å². The SMILES string of the molecule is O=C(CCCCl)OCCOC(=O)CCCCl. The zero-order chi connectivity index (χ0) is 12.2. The monoisotopic (exact) mass is 270 g/mol. The zero-order valence-electron chi connectivity index (χ0n) is 9.05. The first-order chi connectivity index (χ1) is 7.70. The molecule has 0 aliphatic rings. The minimum absolute atomic E-state index is 0.0910.